The lowest BCUT2D eigenvalue weighted by atomic mass is 9.73. The molecular weight excluding hydrogens is 597 g/mol. The van der Waals surface area contributed by atoms with E-state index in [0.717, 1.165) is 61.1 Å². The van der Waals surface area contributed by atoms with Gasteiger partial charge in [0.25, 0.3) is 5.82 Å². The second kappa shape index (κ2) is 11.4. The minimum absolute atomic E-state index is 0.0712. The molecule has 0 bridgehead atoms. The molecule has 3 aromatic rings. The Morgan fingerprint density at radius 1 is 1.13 bits per heavy atom. The molecule has 9 nitrogen and oxygen atoms in total. The Kier molecular flexibility index (Phi) is 7.61. The van der Waals surface area contributed by atoms with Gasteiger partial charge >= 0.3 is 5.97 Å². The molecule has 3 atom stereocenters. The fourth-order valence-corrected chi connectivity index (χ4v) is 8.64. The summed E-state index contributed by atoms with van der Waals surface area (Å²) in [6.45, 7) is 4.07. The molecular formula is C34H38FN3O6S. The van der Waals surface area contributed by atoms with Crippen LogP contribution in [0.25, 0.3) is 16.6 Å². The van der Waals surface area contributed by atoms with Gasteiger partial charge in [0, 0.05) is 53.6 Å². The van der Waals surface area contributed by atoms with Crippen molar-refractivity contribution in [2.24, 2.45) is 0 Å². The number of rotatable bonds is 10. The molecule has 2 aromatic carbocycles. The van der Waals surface area contributed by atoms with Crippen LogP contribution < -0.4 is 9.47 Å². The number of carbonyl (C=O) groups is 1. The molecule has 0 spiro atoms. The van der Waals surface area contributed by atoms with E-state index < -0.39 is 21.8 Å². The maximum Gasteiger partial charge on any atom is 0.303 e. The first-order chi connectivity index (χ1) is 21.5. The van der Waals surface area contributed by atoms with E-state index in [0.29, 0.717) is 18.5 Å². The Balaban J connectivity index is 1.35. The lowest BCUT2D eigenvalue weighted by molar-refractivity contribution is -0.679. The summed E-state index contributed by atoms with van der Waals surface area (Å²) in [6.07, 6.45) is 7.22. The van der Waals surface area contributed by atoms with Crippen molar-refractivity contribution in [3.63, 3.8) is 0 Å². The van der Waals surface area contributed by atoms with E-state index in [4.69, 9.17) is 9.84 Å². The Hall–Kier alpha value is -3.54. The second-order valence-electron chi connectivity index (χ2n) is 12.9. The van der Waals surface area contributed by atoms with Gasteiger partial charge < -0.3 is 19.3 Å². The second-order valence-corrected chi connectivity index (χ2v) is 14.4. The average molecular weight is 636 g/mol. The van der Waals surface area contributed by atoms with Gasteiger partial charge in [0.1, 0.15) is 5.82 Å². The number of carboxylic acids is 1. The fraction of sp³-hybridized carbons (Fsp3) is 0.471. The number of anilines is 1. The summed E-state index contributed by atoms with van der Waals surface area (Å²) < 4.78 is 59.9. The number of carboxylic acid groups (broad SMARTS) is 1. The van der Waals surface area contributed by atoms with Crippen molar-refractivity contribution in [2.45, 2.75) is 89.0 Å². The predicted molar refractivity (Wildman–Crippen MR) is 166 cm³/mol. The molecule has 0 amide bonds. The molecule has 7 rings (SSSR count). The summed E-state index contributed by atoms with van der Waals surface area (Å²) in [6, 6.07) is 13.2. The number of aliphatic carboxylic acids is 1. The number of ether oxygens (including phenoxy) is 1. The summed E-state index contributed by atoms with van der Waals surface area (Å²) in [4.78, 5) is 13.5. The molecule has 0 saturated carbocycles. The predicted octanol–water partition coefficient (Wildman–Crippen LogP) is 5.03. The van der Waals surface area contributed by atoms with Crippen LogP contribution in [-0.4, -0.2) is 53.1 Å². The highest BCUT2D eigenvalue weighted by atomic mass is 32.2. The molecule has 4 aliphatic rings. The highest BCUT2D eigenvalue weighted by molar-refractivity contribution is 7.85. The summed E-state index contributed by atoms with van der Waals surface area (Å²) in [7, 11) is -4.39. The van der Waals surface area contributed by atoms with Gasteiger partial charge in [0.15, 0.2) is 11.0 Å². The van der Waals surface area contributed by atoms with E-state index in [-0.39, 0.29) is 42.8 Å². The largest absolute Gasteiger partial charge is 0.748 e. The van der Waals surface area contributed by atoms with Crippen LogP contribution in [0.2, 0.25) is 0 Å². The van der Waals surface area contributed by atoms with E-state index in [1.807, 2.05) is 4.57 Å². The van der Waals surface area contributed by atoms with Crippen LogP contribution in [0.5, 0.6) is 0 Å². The molecule has 238 valence electrons. The number of fused-ring (bicyclic) bond motifs is 9. The first kappa shape index (κ1) is 30.1. The number of halogens is 1. The van der Waals surface area contributed by atoms with E-state index in [9.17, 15) is 22.2 Å². The minimum atomic E-state index is -4.39. The lowest BCUT2D eigenvalue weighted by Gasteiger charge is -2.42. The maximum absolute atomic E-state index is 14.5. The number of nitrogens with zero attached hydrogens (tertiary/aromatic N) is 3. The number of hydrogen-bond donors (Lipinski definition) is 1. The summed E-state index contributed by atoms with van der Waals surface area (Å²) in [5, 5.41) is 9.12. The van der Waals surface area contributed by atoms with Crippen molar-refractivity contribution in [3.8, 4) is 0 Å². The molecule has 4 aliphatic heterocycles. The topological polar surface area (TPSA) is 116 Å². The maximum atomic E-state index is 14.5. The minimum Gasteiger partial charge on any atom is -0.748 e. The number of aryl methyl sites for hydroxylation is 2. The van der Waals surface area contributed by atoms with Crippen molar-refractivity contribution in [1.29, 1.82) is 0 Å². The molecule has 3 unspecified atom stereocenters. The molecule has 0 aliphatic carbocycles. The highest BCUT2D eigenvalue weighted by Gasteiger charge is 2.50. The van der Waals surface area contributed by atoms with Gasteiger partial charge in [-0.25, -0.2) is 21.9 Å². The Morgan fingerprint density at radius 3 is 2.76 bits per heavy atom. The van der Waals surface area contributed by atoms with Gasteiger partial charge in [-0.05, 0) is 62.4 Å². The number of unbranched alkanes of at least 4 members (excludes halogenated alkanes) is 2. The molecule has 1 aromatic heterocycles. The number of imidazole rings is 1. The quantitative estimate of drug-likeness (QED) is 0.189. The number of benzene rings is 2. The third-order valence-corrected chi connectivity index (χ3v) is 10.8. The molecule has 1 N–H and O–H groups in total. The lowest BCUT2D eigenvalue weighted by Crippen LogP contribution is -2.49. The van der Waals surface area contributed by atoms with Crippen molar-refractivity contribution in [3.05, 3.63) is 77.0 Å². The fourth-order valence-electron chi connectivity index (χ4n) is 8.16. The van der Waals surface area contributed by atoms with Crippen molar-refractivity contribution in [1.82, 2.24) is 4.57 Å². The molecule has 0 saturated heterocycles. The third-order valence-electron chi connectivity index (χ3n) is 10.1. The summed E-state index contributed by atoms with van der Waals surface area (Å²) >= 11 is 0. The first-order valence-electron chi connectivity index (χ1n) is 15.9. The van der Waals surface area contributed by atoms with Crippen LogP contribution in [0, 0.1) is 5.82 Å². The normalized spacial score (nSPS) is 23.7. The van der Waals surface area contributed by atoms with Crippen molar-refractivity contribution < 1.29 is 36.6 Å². The van der Waals surface area contributed by atoms with E-state index in [1.165, 1.54) is 29.1 Å². The van der Waals surface area contributed by atoms with Crippen LogP contribution in [0.3, 0.4) is 0 Å². The van der Waals surface area contributed by atoms with Crippen LogP contribution in [0.15, 0.2) is 59.8 Å². The molecule has 0 fully saturated rings. The van der Waals surface area contributed by atoms with Gasteiger partial charge in [-0.3, -0.25) is 4.79 Å². The SMILES string of the molecule is CC1(CCCCCC(=O)O)C2=C3C=C4c5n(CCCS(=O)(=O)[O-])c6cc(F)ccc6[n+]5CCC4OC3CCN2c2ccccc21. The zero-order valence-electron chi connectivity index (χ0n) is 25.4. The van der Waals surface area contributed by atoms with Crippen molar-refractivity contribution in [2.75, 3.05) is 17.2 Å². The van der Waals surface area contributed by atoms with Crippen LogP contribution in [0.1, 0.15) is 69.7 Å². The highest BCUT2D eigenvalue weighted by Crippen LogP contribution is 2.55. The van der Waals surface area contributed by atoms with Gasteiger partial charge in [-0.2, -0.15) is 0 Å². The number of para-hydroxylation sites is 1. The summed E-state index contributed by atoms with van der Waals surface area (Å²) in [5.74, 6) is -0.768. The smallest absolute Gasteiger partial charge is 0.303 e. The van der Waals surface area contributed by atoms with Gasteiger partial charge in [0.05, 0.1) is 41.0 Å². The average Bonchev–Trinajstić information content (AvgIpc) is 3.44. The Labute approximate surface area is 262 Å². The first-order valence-corrected chi connectivity index (χ1v) is 17.5. The monoisotopic (exact) mass is 635 g/mol. The number of aromatic nitrogens is 2. The Morgan fingerprint density at radius 2 is 1.96 bits per heavy atom. The van der Waals surface area contributed by atoms with Crippen LogP contribution in [-0.2, 0) is 38.2 Å². The zero-order valence-corrected chi connectivity index (χ0v) is 26.2. The van der Waals surface area contributed by atoms with E-state index in [1.54, 1.807) is 6.07 Å². The third kappa shape index (κ3) is 5.28. The van der Waals surface area contributed by atoms with Gasteiger partial charge in [-0.1, -0.05) is 31.0 Å². The van der Waals surface area contributed by atoms with E-state index in [2.05, 4.69) is 46.7 Å². The zero-order chi connectivity index (χ0) is 31.5. The number of hydrogen-bond acceptors (Lipinski definition) is 6. The molecule has 45 heavy (non-hydrogen) atoms. The van der Waals surface area contributed by atoms with Crippen LogP contribution >= 0.6 is 0 Å². The summed E-state index contributed by atoms with van der Waals surface area (Å²) in [5.41, 5.74) is 7.07. The molecule has 5 heterocycles. The molecule has 11 heteroatoms. The Bertz CT molecular complexity index is 1860. The van der Waals surface area contributed by atoms with Gasteiger partial charge in [-0.15, -0.1) is 0 Å². The van der Waals surface area contributed by atoms with Crippen molar-refractivity contribution >= 4 is 38.4 Å². The van der Waals surface area contributed by atoms with Gasteiger partial charge in [0.2, 0.25) is 0 Å². The standard InChI is InChI=1S/C34H38FN3O6S/c1-34(15-6-2-3-10-31(39)40)25-8-4-5-9-26(25)36-17-13-29-23(32(34)36)21-24-30(44-29)14-18-38-27-12-11-22(35)20-28(27)37(33(24)38)16-7-19-45(41,42)43/h4-5,8-9,11-12,20-21,29-30H,2-3,6-7,10,13-19H2,1H3,(H-,39,40,41,42,43). The molecule has 0 radical (unpaired) electrons. The van der Waals surface area contributed by atoms with Crippen LogP contribution in [0.4, 0.5) is 10.1 Å². The number of allylic oxidation sites excluding steroid dienone is 1. The van der Waals surface area contributed by atoms with E-state index >= 15 is 0 Å².